The Balaban J connectivity index is 1.51. The number of phenolic OH excluding ortho intramolecular Hbond substituents is 3. The van der Waals surface area contributed by atoms with Crippen molar-refractivity contribution in [2.75, 3.05) is 7.11 Å². The summed E-state index contributed by atoms with van der Waals surface area (Å²) in [5, 5.41) is 30.7. The van der Waals surface area contributed by atoms with Gasteiger partial charge in [0.25, 0.3) is 0 Å². The Morgan fingerprint density at radius 3 is 2.47 bits per heavy atom. The van der Waals surface area contributed by atoms with Gasteiger partial charge in [0.05, 0.1) is 25.4 Å². The number of methoxy groups -OCH3 is 1. The average Bonchev–Trinajstić information content (AvgIpc) is 2.86. The molecule has 2 aromatic rings. The summed E-state index contributed by atoms with van der Waals surface area (Å²) in [4.78, 5) is 11.7. The van der Waals surface area contributed by atoms with Crippen LogP contribution in [0.4, 0.5) is 0 Å². The van der Waals surface area contributed by atoms with Crippen molar-refractivity contribution in [3.05, 3.63) is 41.5 Å². The maximum atomic E-state index is 11.7. The normalized spacial score (nSPS) is 22.7. The van der Waals surface area contributed by atoms with E-state index in [-0.39, 0.29) is 47.3 Å². The standard InChI is InChI=1S/C28H36O8/c1-17(29)34-22-15-21(10-8-18-9-11-23(30)26(12-18)33-2)36-25(16-22)19-13-24(31)28(32)27(14-19)35-20-6-4-3-5-7-20/h9,11-14,20-22,25,30-32H,3-8,10,15-16H2,1-2H3/t21-,22+,25-/m0/s1. The largest absolute Gasteiger partial charge is 0.504 e. The molecule has 4 rings (SSSR count). The van der Waals surface area contributed by atoms with E-state index in [1.165, 1.54) is 26.5 Å². The Morgan fingerprint density at radius 1 is 0.972 bits per heavy atom. The fourth-order valence-corrected chi connectivity index (χ4v) is 5.16. The molecule has 36 heavy (non-hydrogen) atoms. The molecule has 2 fully saturated rings. The van der Waals surface area contributed by atoms with Crippen LogP contribution in [-0.2, 0) is 20.7 Å². The van der Waals surface area contributed by atoms with Crippen molar-refractivity contribution in [2.45, 2.75) is 89.1 Å². The smallest absolute Gasteiger partial charge is 0.302 e. The maximum absolute atomic E-state index is 11.7. The van der Waals surface area contributed by atoms with Gasteiger partial charge in [0.1, 0.15) is 6.10 Å². The van der Waals surface area contributed by atoms with Crippen LogP contribution in [0.3, 0.4) is 0 Å². The zero-order valence-electron chi connectivity index (χ0n) is 20.9. The monoisotopic (exact) mass is 500 g/mol. The van der Waals surface area contributed by atoms with Crippen LogP contribution in [0.15, 0.2) is 30.3 Å². The van der Waals surface area contributed by atoms with Gasteiger partial charge in [-0.05, 0) is 73.9 Å². The molecule has 1 saturated heterocycles. The summed E-state index contributed by atoms with van der Waals surface area (Å²) in [5.41, 5.74) is 1.66. The van der Waals surface area contributed by atoms with Crippen LogP contribution in [0.5, 0.6) is 28.7 Å². The third-order valence-corrected chi connectivity index (χ3v) is 6.99. The Morgan fingerprint density at radius 2 is 1.75 bits per heavy atom. The molecule has 0 spiro atoms. The molecule has 2 aromatic carbocycles. The second-order valence-electron chi connectivity index (χ2n) is 9.76. The fraction of sp³-hybridized carbons (Fsp3) is 0.536. The minimum Gasteiger partial charge on any atom is -0.504 e. The number of rotatable bonds is 8. The molecule has 0 unspecified atom stereocenters. The highest BCUT2D eigenvalue weighted by atomic mass is 16.6. The molecule has 1 aliphatic carbocycles. The Labute approximate surface area is 211 Å². The summed E-state index contributed by atoms with van der Waals surface area (Å²) >= 11 is 0. The zero-order valence-corrected chi connectivity index (χ0v) is 20.9. The highest BCUT2D eigenvalue weighted by Gasteiger charge is 2.33. The Hall–Kier alpha value is -3.13. The fourth-order valence-electron chi connectivity index (χ4n) is 5.16. The summed E-state index contributed by atoms with van der Waals surface area (Å²) in [7, 11) is 1.51. The van der Waals surface area contributed by atoms with Gasteiger partial charge in [0.2, 0.25) is 5.75 Å². The molecule has 8 nitrogen and oxygen atoms in total. The van der Waals surface area contributed by atoms with Crippen LogP contribution in [0.25, 0.3) is 0 Å². The first-order valence-electron chi connectivity index (χ1n) is 12.7. The van der Waals surface area contributed by atoms with Crippen LogP contribution < -0.4 is 9.47 Å². The molecule has 3 N–H and O–H groups in total. The summed E-state index contributed by atoms with van der Waals surface area (Å²) in [6.45, 7) is 1.39. The predicted molar refractivity (Wildman–Crippen MR) is 133 cm³/mol. The van der Waals surface area contributed by atoms with Gasteiger partial charge in [-0.3, -0.25) is 4.79 Å². The molecule has 1 heterocycles. The number of hydrogen-bond donors (Lipinski definition) is 3. The first kappa shape index (κ1) is 25.9. The summed E-state index contributed by atoms with van der Waals surface area (Å²) in [5.74, 6) is -0.125. The third kappa shape index (κ3) is 6.55. The van der Waals surface area contributed by atoms with Crippen LogP contribution in [0.1, 0.15) is 75.5 Å². The molecule has 0 aromatic heterocycles. The molecule has 2 aliphatic rings. The van der Waals surface area contributed by atoms with Gasteiger partial charge in [-0.2, -0.15) is 0 Å². The van der Waals surface area contributed by atoms with E-state index in [9.17, 15) is 20.1 Å². The van der Waals surface area contributed by atoms with Crippen LogP contribution in [0, 0.1) is 0 Å². The number of carbonyl (C=O) groups is 1. The Kier molecular flexibility index (Phi) is 8.46. The Bertz CT molecular complexity index is 1050. The number of carbonyl (C=O) groups excluding carboxylic acids is 1. The van der Waals surface area contributed by atoms with E-state index in [4.69, 9.17) is 18.9 Å². The lowest BCUT2D eigenvalue weighted by Gasteiger charge is -2.35. The van der Waals surface area contributed by atoms with Gasteiger partial charge in [-0.1, -0.05) is 12.5 Å². The van der Waals surface area contributed by atoms with Crippen molar-refractivity contribution < 1.29 is 39.1 Å². The summed E-state index contributed by atoms with van der Waals surface area (Å²) in [6, 6.07) is 8.46. The van der Waals surface area contributed by atoms with E-state index in [2.05, 4.69) is 0 Å². The van der Waals surface area contributed by atoms with Crippen molar-refractivity contribution in [3.63, 3.8) is 0 Å². The molecular weight excluding hydrogens is 464 g/mol. The van der Waals surface area contributed by atoms with Gasteiger partial charge in [-0.25, -0.2) is 0 Å². The topological polar surface area (TPSA) is 115 Å². The molecule has 3 atom stereocenters. The number of phenols is 3. The van der Waals surface area contributed by atoms with Crippen LogP contribution in [0.2, 0.25) is 0 Å². The highest BCUT2D eigenvalue weighted by molar-refractivity contribution is 5.66. The third-order valence-electron chi connectivity index (χ3n) is 6.99. The van der Waals surface area contributed by atoms with Crippen molar-refractivity contribution in [2.24, 2.45) is 0 Å². The molecular formula is C28H36O8. The average molecular weight is 501 g/mol. The lowest BCUT2D eigenvalue weighted by Crippen LogP contribution is -2.34. The second kappa shape index (κ2) is 11.7. The van der Waals surface area contributed by atoms with E-state index in [1.54, 1.807) is 18.2 Å². The number of esters is 1. The molecule has 196 valence electrons. The number of hydrogen-bond acceptors (Lipinski definition) is 8. The second-order valence-corrected chi connectivity index (χ2v) is 9.76. The van der Waals surface area contributed by atoms with Crippen LogP contribution >= 0.6 is 0 Å². The summed E-state index contributed by atoms with van der Waals surface area (Å²) in [6.07, 6.45) is 6.56. The minimum atomic E-state index is -0.442. The first-order chi connectivity index (χ1) is 17.3. The van der Waals surface area contributed by atoms with Gasteiger partial charge in [0.15, 0.2) is 23.0 Å². The quantitative estimate of drug-likeness (QED) is 0.330. The van der Waals surface area contributed by atoms with E-state index in [0.29, 0.717) is 37.0 Å². The molecule has 0 radical (unpaired) electrons. The lowest BCUT2D eigenvalue weighted by molar-refractivity contribution is -0.160. The van der Waals surface area contributed by atoms with E-state index >= 15 is 0 Å². The van der Waals surface area contributed by atoms with E-state index in [1.807, 2.05) is 6.07 Å². The van der Waals surface area contributed by atoms with Gasteiger partial charge >= 0.3 is 5.97 Å². The van der Waals surface area contributed by atoms with Crippen molar-refractivity contribution in [1.82, 2.24) is 0 Å². The number of aromatic hydroxyl groups is 3. The van der Waals surface area contributed by atoms with Gasteiger partial charge in [0, 0.05) is 19.8 Å². The van der Waals surface area contributed by atoms with Crippen molar-refractivity contribution in [1.29, 1.82) is 0 Å². The molecule has 1 aliphatic heterocycles. The molecule has 8 heteroatoms. The predicted octanol–water partition coefficient (Wildman–Crippen LogP) is 5.31. The number of benzene rings is 2. The first-order valence-corrected chi connectivity index (χ1v) is 12.7. The van der Waals surface area contributed by atoms with E-state index in [0.717, 1.165) is 31.2 Å². The number of aryl methyl sites for hydroxylation is 1. The molecule has 0 bridgehead atoms. The van der Waals surface area contributed by atoms with Crippen molar-refractivity contribution in [3.8, 4) is 28.7 Å². The lowest BCUT2D eigenvalue weighted by atomic mass is 9.92. The van der Waals surface area contributed by atoms with Gasteiger partial charge in [-0.15, -0.1) is 0 Å². The SMILES string of the molecule is COc1cc(CC[C@H]2C[C@@H](OC(C)=O)C[C@@H](c3cc(O)c(O)c(OC4CCCCC4)c3)O2)ccc1O. The minimum absolute atomic E-state index is 0.00965. The number of ether oxygens (including phenoxy) is 4. The van der Waals surface area contributed by atoms with Crippen molar-refractivity contribution >= 4 is 5.97 Å². The molecule has 1 saturated carbocycles. The van der Waals surface area contributed by atoms with E-state index < -0.39 is 6.10 Å². The van der Waals surface area contributed by atoms with Crippen LogP contribution in [-0.4, -0.2) is 46.7 Å². The summed E-state index contributed by atoms with van der Waals surface area (Å²) < 4.78 is 23.2. The zero-order chi connectivity index (χ0) is 25.7. The van der Waals surface area contributed by atoms with Gasteiger partial charge < -0.3 is 34.3 Å². The maximum Gasteiger partial charge on any atom is 0.302 e. The highest BCUT2D eigenvalue weighted by Crippen LogP contribution is 2.43. The molecule has 0 amide bonds.